The van der Waals surface area contributed by atoms with Crippen molar-refractivity contribution in [2.24, 2.45) is 5.92 Å². The van der Waals surface area contributed by atoms with Gasteiger partial charge in [0.15, 0.2) is 0 Å². The minimum absolute atomic E-state index is 0.358. The van der Waals surface area contributed by atoms with Gasteiger partial charge in [-0.05, 0) is 98.7 Å². The fourth-order valence-corrected chi connectivity index (χ4v) is 5.11. The van der Waals surface area contributed by atoms with E-state index in [1.54, 1.807) is 0 Å². The second-order valence-corrected chi connectivity index (χ2v) is 9.64. The molecule has 2 heteroatoms. The topological polar surface area (TPSA) is 15.3 Å². The SMILES string of the molecule is C=C1C=CC2=CC=CNC2C1Cc1c(C)cccc1C.CC.CC.Cc1ccc(N2CCCCC2)cc1. The van der Waals surface area contributed by atoms with Crippen molar-refractivity contribution in [3.63, 3.8) is 0 Å². The van der Waals surface area contributed by atoms with Crippen LogP contribution in [-0.2, 0) is 6.42 Å². The standard InChI is InChI=1S/C19H21N.C12H17N.2C2H6/c1-13-6-4-7-14(2)17(13)12-18-15(3)9-10-16-8-5-11-20-19(16)18;1-11-5-7-12(8-6-11)13-9-3-2-4-10-13;2*1-2/h4-11,18-20H,3,12H2,1-2H3;5-8H,2-4,9-10H2,1H3;2*1-2H3. The summed E-state index contributed by atoms with van der Waals surface area (Å²) >= 11 is 0. The maximum Gasteiger partial charge on any atom is 0.0579 e. The largest absolute Gasteiger partial charge is 0.383 e. The lowest BCUT2D eigenvalue weighted by Crippen LogP contribution is -2.39. The van der Waals surface area contributed by atoms with Crippen molar-refractivity contribution >= 4 is 5.69 Å². The van der Waals surface area contributed by atoms with E-state index in [2.05, 4.69) is 104 Å². The van der Waals surface area contributed by atoms with Gasteiger partial charge in [-0.3, -0.25) is 0 Å². The first kappa shape index (κ1) is 30.2. The van der Waals surface area contributed by atoms with E-state index in [1.165, 1.54) is 71.4 Å². The highest BCUT2D eigenvalue weighted by molar-refractivity contribution is 5.48. The van der Waals surface area contributed by atoms with Crippen molar-refractivity contribution in [1.82, 2.24) is 5.32 Å². The molecule has 0 bridgehead atoms. The Kier molecular flexibility index (Phi) is 13.0. The van der Waals surface area contributed by atoms with E-state index in [4.69, 9.17) is 0 Å². The van der Waals surface area contributed by atoms with E-state index in [0.29, 0.717) is 12.0 Å². The number of rotatable bonds is 3. The molecule has 0 aromatic heterocycles. The summed E-state index contributed by atoms with van der Waals surface area (Å²) in [5.41, 5.74) is 9.54. The van der Waals surface area contributed by atoms with Crippen LogP contribution in [0.25, 0.3) is 0 Å². The molecule has 0 spiro atoms. The summed E-state index contributed by atoms with van der Waals surface area (Å²) in [7, 11) is 0. The number of benzene rings is 2. The van der Waals surface area contributed by atoms with Crippen LogP contribution in [0.1, 0.15) is 69.2 Å². The molecule has 1 aliphatic carbocycles. The van der Waals surface area contributed by atoms with E-state index in [-0.39, 0.29) is 0 Å². The molecule has 1 N–H and O–H groups in total. The van der Waals surface area contributed by atoms with Gasteiger partial charge in [0.25, 0.3) is 0 Å². The predicted molar refractivity (Wildman–Crippen MR) is 165 cm³/mol. The highest BCUT2D eigenvalue weighted by Crippen LogP contribution is 2.33. The van der Waals surface area contributed by atoms with E-state index in [0.717, 1.165) is 6.42 Å². The van der Waals surface area contributed by atoms with Crippen LogP contribution in [0, 0.1) is 26.7 Å². The Balaban J connectivity index is 0.000000245. The van der Waals surface area contributed by atoms with E-state index >= 15 is 0 Å². The molecule has 2 unspecified atom stereocenters. The molecule has 2 aliphatic heterocycles. The summed E-state index contributed by atoms with van der Waals surface area (Å²) in [6, 6.07) is 15.8. The average molecular weight is 499 g/mol. The zero-order chi connectivity index (χ0) is 27.2. The molecule has 5 rings (SSSR count). The second kappa shape index (κ2) is 16.0. The number of aryl methyl sites for hydroxylation is 3. The van der Waals surface area contributed by atoms with Gasteiger partial charge in [-0.2, -0.15) is 0 Å². The molecule has 1 fully saturated rings. The van der Waals surface area contributed by atoms with E-state index < -0.39 is 0 Å². The average Bonchev–Trinajstić information content (AvgIpc) is 2.95. The fourth-order valence-electron chi connectivity index (χ4n) is 5.11. The zero-order valence-corrected chi connectivity index (χ0v) is 24.5. The van der Waals surface area contributed by atoms with Crippen LogP contribution in [0.4, 0.5) is 5.69 Å². The van der Waals surface area contributed by atoms with Crippen LogP contribution in [0.2, 0.25) is 0 Å². The molecule has 2 aromatic carbocycles. The van der Waals surface area contributed by atoms with Crippen LogP contribution in [-0.4, -0.2) is 19.1 Å². The van der Waals surface area contributed by atoms with Gasteiger partial charge in [-0.1, -0.05) is 88.4 Å². The molecule has 2 atom stereocenters. The van der Waals surface area contributed by atoms with E-state index in [1.807, 2.05) is 33.9 Å². The van der Waals surface area contributed by atoms with Gasteiger partial charge in [-0.15, -0.1) is 0 Å². The minimum Gasteiger partial charge on any atom is -0.383 e. The quantitative estimate of drug-likeness (QED) is 0.454. The molecule has 2 heterocycles. The Hall–Kier alpha value is -3.00. The van der Waals surface area contributed by atoms with Crippen LogP contribution in [0.15, 0.2) is 90.7 Å². The Morgan fingerprint density at radius 3 is 2.08 bits per heavy atom. The van der Waals surface area contributed by atoms with Crippen molar-refractivity contribution < 1.29 is 0 Å². The lowest BCUT2D eigenvalue weighted by molar-refractivity contribution is 0.478. The maximum absolute atomic E-state index is 4.26. The molecule has 3 aliphatic rings. The van der Waals surface area contributed by atoms with Crippen molar-refractivity contribution in [2.45, 2.75) is 80.2 Å². The Morgan fingerprint density at radius 2 is 1.46 bits per heavy atom. The third-order valence-electron chi connectivity index (χ3n) is 7.21. The normalized spacial score (nSPS) is 19.5. The maximum atomic E-state index is 4.26. The first-order chi connectivity index (χ1) is 18.0. The molecule has 0 saturated carbocycles. The highest BCUT2D eigenvalue weighted by atomic mass is 15.1. The fraction of sp³-hybridized carbons (Fsp3) is 0.429. The van der Waals surface area contributed by atoms with Gasteiger partial charge in [0.1, 0.15) is 0 Å². The molecule has 1 saturated heterocycles. The van der Waals surface area contributed by atoms with Crippen molar-refractivity contribution in [3.8, 4) is 0 Å². The van der Waals surface area contributed by atoms with Gasteiger partial charge >= 0.3 is 0 Å². The number of hydrogen-bond acceptors (Lipinski definition) is 2. The van der Waals surface area contributed by atoms with E-state index in [9.17, 15) is 0 Å². The molecule has 0 amide bonds. The van der Waals surface area contributed by atoms with Crippen molar-refractivity contribution in [1.29, 1.82) is 0 Å². The van der Waals surface area contributed by atoms with Gasteiger partial charge in [0, 0.05) is 24.7 Å². The minimum atomic E-state index is 0.358. The Bertz CT molecular complexity index is 1030. The Morgan fingerprint density at radius 1 is 0.838 bits per heavy atom. The number of piperidine rings is 1. The third-order valence-corrected chi connectivity index (χ3v) is 7.21. The first-order valence-corrected chi connectivity index (χ1v) is 14.4. The molecular formula is C35H50N2. The summed E-state index contributed by atoms with van der Waals surface area (Å²) in [5, 5.41) is 3.50. The number of nitrogens with zero attached hydrogens (tertiary/aromatic N) is 1. The molecule has 2 aromatic rings. The summed E-state index contributed by atoms with van der Waals surface area (Å²) in [4.78, 5) is 2.49. The molecule has 0 radical (unpaired) electrons. The van der Waals surface area contributed by atoms with Crippen LogP contribution in [0.3, 0.4) is 0 Å². The van der Waals surface area contributed by atoms with Gasteiger partial charge in [0.05, 0.1) is 6.04 Å². The molecular weight excluding hydrogens is 448 g/mol. The first-order valence-electron chi connectivity index (χ1n) is 14.4. The molecule has 2 nitrogen and oxygen atoms in total. The summed E-state index contributed by atoms with van der Waals surface area (Å²) < 4.78 is 0. The van der Waals surface area contributed by atoms with Gasteiger partial charge in [-0.25, -0.2) is 0 Å². The molecule has 37 heavy (non-hydrogen) atoms. The predicted octanol–water partition coefficient (Wildman–Crippen LogP) is 9.04. The van der Waals surface area contributed by atoms with Crippen LogP contribution < -0.4 is 10.2 Å². The number of nitrogens with one attached hydrogen (secondary N) is 1. The lowest BCUT2D eigenvalue weighted by atomic mass is 9.77. The van der Waals surface area contributed by atoms with Gasteiger partial charge in [0.2, 0.25) is 0 Å². The number of hydrogen-bond donors (Lipinski definition) is 1. The highest BCUT2D eigenvalue weighted by Gasteiger charge is 2.29. The summed E-state index contributed by atoms with van der Waals surface area (Å²) in [6.45, 7) is 21.3. The number of allylic oxidation sites excluding steroid dienone is 3. The van der Waals surface area contributed by atoms with Gasteiger partial charge < -0.3 is 10.2 Å². The Labute approximate surface area is 227 Å². The van der Waals surface area contributed by atoms with Crippen molar-refractivity contribution in [3.05, 3.63) is 113 Å². The van der Waals surface area contributed by atoms with Crippen LogP contribution >= 0.6 is 0 Å². The van der Waals surface area contributed by atoms with Crippen molar-refractivity contribution in [2.75, 3.05) is 18.0 Å². The summed E-state index contributed by atoms with van der Waals surface area (Å²) in [5.74, 6) is 0.427. The third kappa shape index (κ3) is 8.52. The number of fused-ring (bicyclic) bond motifs is 1. The zero-order valence-electron chi connectivity index (χ0n) is 24.5. The lowest BCUT2D eigenvalue weighted by Gasteiger charge is -2.34. The van der Waals surface area contributed by atoms with Crippen LogP contribution in [0.5, 0.6) is 0 Å². The monoisotopic (exact) mass is 498 g/mol. The number of dihydropyridines is 1. The summed E-state index contributed by atoms with van der Waals surface area (Å²) in [6.07, 6.45) is 15.8. The molecule has 200 valence electrons. The number of anilines is 1. The smallest absolute Gasteiger partial charge is 0.0579 e. The second-order valence-electron chi connectivity index (χ2n) is 9.64.